The SMILES string of the molecule is Cc1ccc(C(Br)c2ccc(Br)cc2Cl)c2ccccc12. The highest BCUT2D eigenvalue weighted by Crippen LogP contribution is 2.39. The number of halogens is 3. The molecule has 0 fully saturated rings. The van der Waals surface area contributed by atoms with Crippen LogP contribution in [-0.4, -0.2) is 0 Å². The maximum atomic E-state index is 6.40. The highest BCUT2D eigenvalue weighted by Gasteiger charge is 2.16. The molecule has 3 heteroatoms. The van der Waals surface area contributed by atoms with Crippen LogP contribution in [0.25, 0.3) is 10.8 Å². The molecule has 0 aliphatic rings. The van der Waals surface area contributed by atoms with Crippen molar-refractivity contribution in [1.29, 1.82) is 0 Å². The van der Waals surface area contributed by atoms with Gasteiger partial charge in [-0.15, -0.1) is 0 Å². The molecule has 0 heterocycles. The Morgan fingerprint density at radius 3 is 2.29 bits per heavy atom. The van der Waals surface area contributed by atoms with Gasteiger partial charge in [-0.05, 0) is 46.5 Å². The first-order valence-electron chi connectivity index (χ1n) is 6.65. The van der Waals surface area contributed by atoms with E-state index in [4.69, 9.17) is 11.6 Å². The Labute approximate surface area is 146 Å². The predicted octanol–water partition coefficient (Wildman–Crippen LogP) is 7.05. The van der Waals surface area contributed by atoms with Gasteiger partial charge in [0.25, 0.3) is 0 Å². The van der Waals surface area contributed by atoms with Crippen molar-refractivity contribution in [1.82, 2.24) is 0 Å². The zero-order valence-electron chi connectivity index (χ0n) is 11.4. The minimum absolute atomic E-state index is 0.0728. The molecular weight excluding hydrogens is 411 g/mol. The van der Waals surface area contributed by atoms with Crippen molar-refractivity contribution >= 4 is 54.2 Å². The molecule has 3 aromatic rings. The van der Waals surface area contributed by atoms with Gasteiger partial charge in [0.05, 0.1) is 4.83 Å². The normalized spacial score (nSPS) is 12.6. The first-order chi connectivity index (χ1) is 10.1. The van der Waals surface area contributed by atoms with Gasteiger partial charge in [-0.1, -0.05) is 85.9 Å². The minimum Gasteiger partial charge on any atom is -0.0839 e. The third-order valence-corrected chi connectivity index (χ3v) is 5.49. The van der Waals surface area contributed by atoms with Crippen molar-refractivity contribution in [3.63, 3.8) is 0 Å². The van der Waals surface area contributed by atoms with Gasteiger partial charge in [-0.25, -0.2) is 0 Å². The van der Waals surface area contributed by atoms with Crippen molar-refractivity contribution in [2.75, 3.05) is 0 Å². The average Bonchev–Trinajstić information content (AvgIpc) is 2.47. The lowest BCUT2D eigenvalue weighted by molar-refractivity contribution is 1.19. The number of hydrogen-bond acceptors (Lipinski definition) is 0. The first kappa shape index (κ1) is 15.1. The fraction of sp³-hybridized carbons (Fsp3) is 0.111. The summed E-state index contributed by atoms with van der Waals surface area (Å²) in [4.78, 5) is 0.0728. The van der Waals surface area contributed by atoms with E-state index in [0.717, 1.165) is 15.1 Å². The zero-order chi connectivity index (χ0) is 15.0. The molecule has 0 nitrogen and oxygen atoms in total. The lowest BCUT2D eigenvalue weighted by Gasteiger charge is -2.16. The molecule has 0 N–H and O–H groups in total. The monoisotopic (exact) mass is 422 g/mol. The molecule has 1 atom stereocenters. The van der Waals surface area contributed by atoms with Crippen LogP contribution in [0.2, 0.25) is 5.02 Å². The van der Waals surface area contributed by atoms with E-state index in [-0.39, 0.29) is 4.83 Å². The number of rotatable bonds is 2. The van der Waals surface area contributed by atoms with Crippen molar-refractivity contribution in [3.8, 4) is 0 Å². The van der Waals surface area contributed by atoms with Crippen LogP contribution in [0.15, 0.2) is 59.1 Å². The highest BCUT2D eigenvalue weighted by atomic mass is 79.9. The second-order valence-corrected chi connectivity index (χ2v) is 7.28. The van der Waals surface area contributed by atoms with Gasteiger partial charge in [-0.3, -0.25) is 0 Å². The summed E-state index contributed by atoms with van der Waals surface area (Å²) in [6, 6.07) is 18.8. The lowest BCUT2D eigenvalue weighted by Crippen LogP contribution is -1.96. The van der Waals surface area contributed by atoms with Crippen LogP contribution in [0.1, 0.15) is 21.5 Å². The van der Waals surface area contributed by atoms with Crippen molar-refractivity contribution < 1.29 is 0 Å². The van der Waals surface area contributed by atoms with Gasteiger partial charge < -0.3 is 0 Å². The van der Waals surface area contributed by atoms with E-state index in [1.165, 1.54) is 21.9 Å². The fourth-order valence-corrected chi connectivity index (χ4v) is 4.28. The average molecular weight is 425 g/mol. The summed E-state index contributed by atoms with van der Waals surface area (Å²) in [5.41, 5.74) is 3.60. The molecule has 0 radical (unpaired) electrons. The van der Waals surface area contributed by atoms with E-state index in [2.05, 4.69) is 81.2 Å². The zero-order valence-corrected chi connectivity index (χ0v) is 15.3. The van der Waals surface area contributed by atoms with Crippen LogP contribution in [0.3, 0.4) is 0 Å². The minimum atomic E-state index is 0.0728. The van der Waals surface area contributed by atoms with Gasteiger partial charge in [0.15, 0.2) is 0 Å². The molecule has 3 rings (SSSR count). The third kappa shape index (κ3) is 2.90. The summed E-state index contributed by atoms with van der Waals surface area (Å²) in [7, 11) is 0. The summed E-state index contributed by atoms with van der Waals surface area (Å²) in [5, 5.41) is 3.31. The van der Waals surface area contributed by atoms with E-state index in [1.807, 2.05) is 12.1 Å². The van der Waals surface area contributed by atoms with Gasteiger partial charge in [0, 0.05) is 9.50 Å². The largest absolute Gasteiger partial charge is 0.0839 e. The number of alkyl halides is 1. The van der Waals surface area contributed by atoms with E-state index in [0.29, 0.717) is 0 Å². The molecule has 0 saturated carbocycles. The Morgan fingerprint density at radius 2 is 1.57 bits per heavy atom. The Hall–Kier alpha value is -0.830. The molecule has 1 unspecified atom stereocenters. The summed E-state index contributed by atoms with van der Waals surface area (Å²) >= 11 is 13.7. The van der Waals surface area contributed by atoms with Gasteiger partial charge in [0.2, 0.25) is 0 Å². The molecular formula is C18H13Br2Cl. The topological polar surface area (TPSA) is 0 Å². The lowest BCUT2D eigenvalue weighted by atomic mass is 9.96. The van der Waals surface area contributed by atoms with Gasteiger partial charge >= 0.3 is 0 Å². The van der Waals surface area contributed by atoms with Crippen LogP contribution in [0.5, 0.6) is 0 Å². The van der Waals surface area contributed by atoms with Crippen molar-refractivity contribution in [3.05, 3.63) is 80.8 Å². The fourth-order valence-electron chi connectivity index (χ4n) is 2.57. The van der Waals surface area contributed by atoms with Crippen LogP contribution >= 0.6 is 43.5 Å². The molecule has 0 saturated heterocycles. The van der Waals surface area contributed by atoms with E-state index in [1.54, 1.807) is 0 Å². The second-order valence-electron chi connectivity index (χ2n) is 5.05. The molecule has 0 aliphatic carbocycles. The van der Waals surface area contributed by atoms with Crippen molar-refractivity contribution in [2.24, 2.45) is 0 Å². The smallest absolute Gasteiger partial charge is 0.0665 e. The molecule has 21 heavy (non-hydrogen) atoms. The maximum absolute atomic E-state index is 6.40. The summed E-state index contributed by atoms with van der Waals surface area (Å²) in [5.74, 6) is 0. The molecule has 0 spiro atoms. The summed E-state index contributed by atoms with van der Waals surface area (Å²) in [6.45, 7) is 2.14. The van der Waals surface area contributed by atoms with E-state index >= 15 is 0 Å². The number of fused-ring (bicyclic) bond motifs is 1. The molecule has 3 aromatic carbocycles. The summed E-state index contributed by atoms with van der Waals surface area (Å²) in [6.07, 6.45) is 0. The van der Waals surface area contributed by atoms with Gasteiger partial charge in [0.1, 0.15) is 0 Å². The molecule has 0 aromatic heterocycles. The molecule has 0 amide bonds. The molecule has 0 bridgehead atoms. The quantitative estimate of drug-likeness (QED) is 0.387. The third-order valence-electron chi connectivity index (χ3n) is 3.68. The van der Waals surface area contributed by atoms with Crippen LogP contribution in [-0.2, 0) is 0 Å². The van der Waals surface area contributed by atoms with Crippen LogP contribution in [0.4, 0.5) is 0 Å². The first-order valence-corrected chi connectivity index (χ1v) is 8.74. The highest BCUT2D eigenvalue weighted by molar-refractivity contribution is 9.10. The Kier molecular flexibility index (Phi) is 4.39. The standard InChI is InChI=1S/C18H13Br2Cl/c1-11-6-8-15(14-5-3-2-4-13(11)14)18(20)16-9-7-12(19)10-17(16)21/h2-10,18H,1H3. The molecule has 106 valence electrons. The number of aryl methyl sites for hydroxylation is 1. The number of hydrogen-bond donors (Lipinski definition) is 0. The van der Waals surface area contributed by atoms with Crippen LogP contribution in [0, 0.1) is 6.92 Å². The van der Waals surface area contributed by atoms with Gasteiger partial charge in [-0.2, -0.15) is 0 Å². The van der Waals surface area contributed by atoms with E-state index in [9.17, 15) is 0 Å². The Morgan fingerprint density at radius 1 is 0.905 bits per heavy atom. The predicted molar refractivity (Wildman–Crippen MR) is 98.6 cm³/mol. The van der Waals surface area contributed by atoms with E-state index < -0.39 is 0 Å². The summed E-state index contributed by atoms with van der Waals surface area (Å²) < 4.78 is 0.990. The Bertz CT molecular complexity index is 811. The molecule has 0 aliphatic heterocycles. The second kappa shape index (κ2) is 6.12. The number of benzene rings is 3. The maximum Gasteiger partial charge on any atom is 0.0665 e. The van der Waals surface area contributed by atoms with Crippen molar-refractivity contribution in [2.45, 2.75) is 11.8 Å². The Balaban J connectivity index is 2.18. The van der Waals surface area contributed by atoms with Crippen LogP contribution < -0.4 is 0 Å².